The Morgan fingerprint density at radius 2 is 1.52 bits per heavy atom. The van der Waals surface area contributed by atoms with E-state index in [2.05, 4.69) is 23.7 Å². The standard InChI is InChI=1S/C27H24N4O2/c1-15-12-16(2)14-31(13-15)27-29-25-22(26(33)30-27)20(17-8-4-3-5-9-17)21-23(28-25)18-10-6-7-11-19(18)24(21)32/h3-11,15-16H,12-14H2,1-2H3,(H,28,29,30,33). The highest BCUT2D eigenvalue weighted by molar-refractivity contribution is 6.26. The number of hydrogen-bond acceptors (Lipinski definition) is 5. The Labute approximate surface area is 191 Å². The molecule has 2 unspecified atom stereocenters. The summed E-state index contributed by atoms with van der Waals surface area (Å²) >= 11 is 0. The van der Waals surface area contributed by atoms with Crippen molar-refractivity contribution in [1.29, 1.82) is 0 Å². The molecule has 1 N–H and O–H groups in total. The van der Waals surface area contributed by atoms with Gasteiger partial charge < -0.3 is 4.90 Å². The third-order valence-electron chi connectivity index (χ3n) is 6.73. The lowest BCUT2D eigenvalue weighted by Gasteiger charge is -2.35. The molecule has 4 aromatic rings. The van der Waals surface area contributed by atoms with Gasteiger partial charge in [0, 0.05) is 29.8 Å². The van der Waals surface area contributed by atoms with E-state index in [1.165, 1.54) is 0 Å². The fraction of sp³-hybridized carbons (Fsp3) is 0.259. The van der Waals surface area contributed by atoms with Gasteiger partial charge in [-0.15, -0.1) is 0 Å². The molecule has 0 saturated carbocycles. The second-order valence-corrected chi connectivity index (χ2v) is 9.39. The number of carbonyl (C=O) groups is 1. The van der Waals surface area contributed by atoms with Crippen LogP contribution < -0.4 is 10.5 Å². The molecular weight excluding hydrogens is 412 g/mol. The summed E-state index contributed by atoms with van der Waals surface area (Å²) < 4.78 is 0. The van der Waals surface area contributed by atoms with Gasteiger partial charge in [0.2, 0.25) is 5.95 Å². The number of piperidine rings is 1. The Bertz CT molecular complexity index is 1470. The van der Waals surface area contributed by atoms with E-state index in [-0.39, 0.29) is 11.3 Å². The van der Waals surface area contributed by atoms with Gasteiger partial charge in [-0.1, -0.05) is 68.4 Å². The molecule has 164 valence electrons. The first-order valence-electron chi connectivity index (χ1n) is 11.4. The van der Waals surface area contributed by atoms with Crippen LogP contribution in [0.3, 0.4) is 0 Å². The minimum atomic E-state index is -0.265. The number of anilines is 1. The van der Waals surface area contributed by atoms with E-state index in [1.54, 1.807) is 0 Å². The van der Waals surface area contributed by atoms with Gasteiger partial charge in [-0.2, -0.15) is 4.98 Å². The van der Waals surface area contributed by atoms with E-state index in [1.807, 2.05) is 54.6 Å². The van der Waals surface area contributed by atoms with Crippen molar-refractivity contribution >= 4 is 22.8 Å². The molecule has 3 heterocycles. The number of aromatic nitrogens is 3. The average molecular weight is 437 g/mol. The Kier molecular flexibility index (Phi) is 4.43. The van der Waals surface area contributed by atoms with Gasteiger partial charge in [-0.3, -0.25) is 14.6 Å². The Morgan fingerprint density at radius 3 is 2.24 bits per heavy atom. The van der Waals surface area contributed by atoms with Gasteiger partial charge in [0.1, 0.15) is 0 Å². The second kappa shape index (κ2) is 7.37. The van der Waals surface area contributed by atoms with E-state index in [0.29, 0.717) is 51.2 Å². The number of H-pyrrole nitrogens is 1. The van der Waals surface area contributed by atoms with Gasteiger partial charge in [0.15, 0.2) is 11.4 Å². The lowest BCUT2D eigenvalue weighted by Crippen LogP contribution is -2.40. The molecule has 0 radical (unpaired) electrons. The van der Waals surface area contributed by atoms with Gasteiger partial charge in [0.25, 0.3) is 5.56 Å². The fourth-order valence-electron chi connectivity index (χ4n) is 5.48. The quantitative estimate of drug-likeness (QED) is 0.435. The van der Waals surface area contributed by atoms with Crippen LogP contribution in [0.4, 0.5) is 5.95 Å². The minimum absolute atomic E-state index is 0.101. The average Bonchev–Trinajstić information content (AvgIpc) is 3.09. The Hall–Kier alpha value is -3.80. The van der Waals surface area contributed by atoms with Gasteiger partial charge in [-0.05, 0) is 23.8 Å². The van der Waals surface area contributed by atoms with Crippen molar-refractivity contribution in [2.75, 3.05) is 18.0 Å². The van der Waals surface area contributed by atoms with Crippen LogP contribution in [0.2, 0.25) is 0 Å². The van der Waals surface area contributed by atoms with Crippen molar-refractivity contribution in [2.24, 2.45) is 11.8 Å². The molecule has 6 nitrogen and oxygen atoms in total. The number of fused-ring (bicyclic) bond motifs is 4. The van der Waals surface area contributed by atoms with Crippen LogP contribution in [0.1, 0.15) is 36.2 Å². The third kappa shape index (κ3) is 3.09. The van der Waals surface area contributed by atoms with Crippen LogP contribution in [-0.4, -0.2) is 33.8 Å². The van der Waals surface area contributed by atoms with Gasteiger partial charge in [0.05, 0.1) is 16.6 Å². The van der Waals surface area contributed by atoms with Crippen molar-refractivity contribution < 1.29 is 4.79 Å². The first-order chi connectivity index (χ1) is 16.0. The molecule has 2 atom stereocenters. The smallest absolute Gasteiger partial charge is 0.262 e. The van der Waals surface area contributed by atoms with Crippen molar-refractivity contribution in [1.82, 2.24) is 15.0 Å². The van der Waals surface area contributed by atoms with E-state index in [0.717, 1.165) is 30.6 Å². The number of benzene rings is 2. The van der Waals surface area contributed by atoms with Crippen LogP contribution in [-0.2, 0) is 0 Å². The molecule has 0 bridgehead atoms. The molecule has 33 heavy (non-hydrogen) atoms. The Balaban J connectivity index is 1.66. The molecule has 0 spiro atoms. The summed E-state index contributed by atoms with van der Waals surface area (Å²) in [4.78, 5) is 41.8. The molecule has 2 aromatic heterocycles. The minimum Gasteiger partial charge on any atom is -0.342 e. The number of hydrogen-bond donors (Lipinski definition) is 1. The maximum absolute atomic E-state index is 13.5. The lowest BCUT2D eigenvalue weighted by molar-refractivity contribution is 0.104. The summed E-state index contributed by atoms with van der Waals surface area (Å²) in [5.74, 6) is 1.49. The summed E-state index contributed by atoms with van der Waals surface area (Å²) in [6, 6.07) is 17.1. The molecule has 6 heteroatoms. The van der Waals surface area contributed by atoms with Crippen molar-refractivity contribution in [3.8, 4) is 22.4 Å². The number of pyridine rings is 1. The molecule has 2 aromatic carbocycles. The van der Waals surface area contributed by atoms with E-state index in [9.17, 15) is 9.59 Å². The molecule has 1 saturated heterocycles. The van der Waals surface area contributed by atoms with Crippen LogP contribution in [0.25, 0.3) is 33.4 Å². The number of nitrogens with zero attached hydrogens (tertiary/aromatic N) is 3. The third-order valence-corrected chi connectivity index (χ3v) is 6.73. The second-order valence-electron chi connectivity index (χ2n) is 9.39. The van der Waals surface area contributed by atoms with Crippen LogP contribution in [0.5, 0.6) is 0 Å². The number of carbonyl (C=O) groups excluding carboxylic acids is 1. The zero-order chi connectivity index (χ0) is 22.7. The number of nitrogens with one attached hydrogen (secondary N) is 1. The van der Waals surface area contributed by atoms with E-state index < -0.39 is 0 Å². The van der Waals surface area contributed by atoms with Gasteiger partial charge >= 0.3 is 0 Å². The first kappa shape index (κ1) is 19.9. The van der Waals surface area contributed by atoms with Crippen molar-refractivity contribution in [2.45, 2.75) is 20.3 Å². The normalized spacial score (nSPS) is 19.6. The highest BCUT2D eigenvalue weighted by Crippen LogP contribution is 2.42. The van der Waals surface area contributed by atoms with Crippen LogP contribution in [0, 0.1) is 11.8 Å². The maximum Gasteiger partial charge on any atom is 0.262 e. The summed E-state index contributed by atoms with van der Waals surface area (Å²) in [5, 5.41) is 0.364. The number of aromatic amines is 1. The molecular formula is C27H24N4O2. The monoisotopic (exact) mass is 436 g/mol. The maximum atomic E-state index is 13.5. The van der Waals surface area contributed by atoms with Crippen LogP contribution in [0.15, 0.2) is 59.4 Å². The fourth-order valence-corrected chi connectivity index (χ4v) is 5.48. The highest BCUT2D eigenvalue weighted by atomic mass is 16.1. The predicted octanol–water partition coefficient (Wildman–Crippen LogP) is 4.68. The highest BCUT2D eigenvalue weighted by Gasteiger charge is 2.34. The Morgan fingerprint density at radius 1 is 0.848 bits per heavy atom. The summed E-state index contributed by atoms with van der Waals surface area (Å²) in [6.45, 7) is 6.14. The molecule has 1 fully saturated rings. The molecule has 1 aliphatic heterocycles. The van der Waals surface area contributed by atoms with Crippen LogP contribution >= 0.6 is 0 Å². The predicted molar refractivity (Wildman–Crippen MR) is 130 cm³/mol. The summed E-state index contributed by atoms with van der Waals surface area (Å²) in [7, 11) is 0. The van der Waals surface area contributed by atoms with Gasteiger partial charge in [-0.25, -0.2) is 4.98 Å². The largest absolute Gasteiger partial charge is 0.342 e. The molecule has 0 amide bonds. The van der Waals surface area contributed by atoms with E-state index >= 15 is 0 Å². The first-order valence-corrected chi connectivity index (χ1v) is 11.4. The summed E-state index contributed by atoms with van der Waals surface area (Å²) in [6.07, 6.45) is 1.16. The number of ketones is 1. The van der Waals surface area contributed by atoms with Crippen molar-refractivity contribution in [3.05, 3.63) is 76.1 Å². The molecule has 1 aliphatic carbocycles. The molecule has 6 rings (SSSR count). The van der Waals surface area contributed by atoms with E-state index in [4.69, 9.17) is 9.97 Å². The topological polar surface area (TPSA) is 79.0 Å². The molecule has 2 aliphatic rings. The zero-order valence-corrected chi connectivity index (χ0v) is 18.6. The summed E-state index contributed by atoms with van der Waals surface area (Å²) in [5.41, 5.74) is 4.02. The van der Waals surface area contributed by atoms with Crippen molar-refractivity contribution in [3.63, 3.8) is 0 Å². The SMILES string of the molecule is CC1CC(C)CN(c2nc3nc4c(c(-c5ccccc5)c3c(=O)[nH]2)C(=O)c2ccccc2-4)C1. The number of rotatable bonds is 2. The zero-order valence-electron chi connectivity index (χ0n) is 18.6. The lowest BCUT2D eigenvalue weighted by atomic mass is 9.92.